The highest BCUT2D eigenvalue weighted by atomic mass is 32.1. The molecule has 0 radical (unpaired) electrons. The molecule has 1 fully saturated rings. The quantitative estimate of drug-likeness (QED) is 0.807. The molecule has 4 nitrogen and oxygen atoms in total. The predicted molar refractivity (Wildman–Crippen MR) is 100.0 cm³/mol. The molecule has 1 aliphatic heterocycles. The van der Waals surface area contributed by atoms with Gasteiger partial charge in [0.2, 0.25) is 0 Å². The number of thiophene rings is 1. The van der Waals surface area contributed by atoms with Gasteiger partial charge in [-0.15, -0.1) is 11.3 Å². The summed E-state index contributed by atoms with van der Waals surface area (Å²) in [5.41, 5.74) is 1.36. The summed E-state index contributed by atoms with van der Waals surface area (Å²) in [6, 6.07) is 11.5. The Morgan fingerprint density at radius 3 is 2.88 bits per heavy atom. The van der Waals surface area contributed by atoms with Crippen molar-refractivity contribution in [3.05, 3.63) is 57.8 Å². The average Bonchev–Trinajstić information content (AvgIpc) is 3.06. The van der Waals surface area contributed by atoms with Gasteiger partial charge in [-0.2, -0.15) is 0 Å². The van der Waals surface area contributed by atoms with E-state index in [0.717, 1.165) is 42.8 Å². The van der Waals surface area contributed by atoms with Crippen molar-refractivity contribution in [1.29, 1.82) is 0 Å². The van der Waals surface area contributed by atoms with Gasteiger partial charge in [-0.1, -0.05) is 31.0 Å². The van der Waals surface area contributed by atoms with Gasteiger partial charge >= 0.3 is 5.97 Å². The first kappa shape index (κ1) is 18.1. The van der Waals surface area contributed by atoms with E-state index < -0.39 is 12.1 Å². The van der Waals surface area contributed by atoms with Crippen molar-refractivity contribution >= 4 is 17.3 Å². The van der Waals surface area contributed by atoms with Crippen LogP contribution in [0.4, 0.5) is 0 Å². The van der Waals surface area contributed by atoms with Gasteiger partial charge in [0.05, 0.1) is 11.7 Å². The number of aliphatic hydroxyl groups is 1. The van der Waals surface area contributed by atoms with Crippen molar-refractivity contribution in [3.63, 3.8) is 0 Å². The molecule has 1 aromatic carbocycles. The van der Waals surface area contributed by atoms with E-state index in [9.17, 15) is 15.0 Å². The van der Waals surface area contributed by atoms with Crippen LogP contribution < -0.4 is 0 Å². The van der Waals surface area contributed by atoms with Crippen LogP contribution >= 0.6 is 11.3 Å². The highest BCUT2D eigenvalue weighted by molar-refractivity contribution is 7.10. The zero-order chi connectivity index (χ0) is 17.6. The molecule has 2 aromatic rings. The lowest BCUT2D eigenvalue weighted by Crippen LogP contribution is -2.35. The molecule has 2 heterocycles. The topological polar surface area (TPSA) is 60.8 Å². The van der Waals surface area contributed by atoms with Crippen molar-refractivity contribution in [3.8, 4) is 0 Å². The van der Waals surface area contributed by atoms with E-state index in [4.69, 9.17) is 0 Å². The Kier molecular flexibility index (Phi) is 6.24. The highest BCUT2D eigenvalue weighted by Gasteiger charge is 2.25. The van der Waals surface area contributed by atoms with Gasteiger partial charge in [0.15, 0.2) is 0 Å². The molecule has 1 saturated heterocycles. The van der Waals surface area contributed by atoms with Crippen molar-refractivity contribution in [2.24, 2.45) is 0 Å². The number of carbonyl (C=O) groups is 1. The predicted octanol–water partition coefficient (Wildman–Crippen LogP) is 4.31. The number of rotatable bonds is 6. The minimum atomic E-state index is -0.887. The molecule has 2 unspecified atom stereocenters. The number of benzene rings is 1. The van der Waals surface area contributed by atoms with Crippen LogP contribution in [0.2, 0.25) is 0 Å². The molecule has 25 heavy (non-hydrogen) atoms. The van der Waals surface area contributed by atoms with Crippen LogP contribution in [0, 0.1) is 0 Å². The lowest BCUT2D eigenvalue weighted by Gasteiger charge is -2.31. The van der Waals surface area contributed by atoms with E-state index in [1.165, 1.54) is 12.8 Å². The van der Waals surface area contributed by atoms with Crippen molar-refractivity contribution in [1.82, 2.24) is 4.90 Å². The molecule has 0 spiro atoms. The number of hydrogen-bond donors (Lipinski definition) is 2. The number of aliphatic hydroxyl groups excluding tert-OH is 1. The molecule has 134 valence electrons. The summed E-state index contributed by atoms with van der Waals surface area (Å²) in [5, 5.41) is 21.8. The Balaban J connectivity index is 1.72. The SMILES string of the molecule is O=C(O)c1cccc(CN2CCCCCC2CC(O)c2cccs2)c1. The third kappa shape index (κ3) is 4.91. The molecule has 1 aromatic heterocycles. The molecule has 5 heteroatoms. The van der Waals surface area contributed by atoms with Gasteiger partial charge < -0.3 is 10.2 Å². The summed E-state index contributed by atoms with van der Waals surface area (Å²) in [5.74, 6) is -0.887. The minimum absolute atomic E-state index is 0.327. The Labute approximate surface area is 152 Å². The second-order valence-electron chi connectivity index (χ2n) is 6.75. The van der Waals surface area contributed by atoms with E-state index in [1.807, 2.05) is 29.6 Å². The van der Waals surface area contributed by atoms with Crippen LogP contribution in [0.15, 0.2) is 41.8 Å². The normalized spacial score (nSPS) is 20.1. The molecule has 0 aliphatic carbocycles. The lowest BCUT2D eigenvalue weighted by molar-refractivity contribution is 0.0696. The first-order valence-corrected chi connectivity index (χ1v) is 9.79. The maximum Gasteiger partial charge on any atom is 0.335 e. The maximum absolute atomic E-state index is 11.2. The fourth-order valence-electron chi connectivity index (χ4n) is 3.60. The van der Waals surface area contributed by atoms with Crippen molar-refractivity contribution in [2.45, 2.75) is 50.8 Å². The Morgan fingerprint density at radius 1 is 1.24 bits per heavy atom. The Morgan fingerprint density at radius 2 is 2.12 bits per heavy atom. The fourth-order valence-corrected chi connectivity index (χ4v) is 4.33. The van der Waals surface area contributed by atoms with Crippen LogP contribution in [0.25, 0.3) is 0 Å². The largest absolute Gasteiger partial charge is 0.478 e. The third-order valence-electron chi connectivity index (χ3n) is 4.93. The molecule has 3 rings (SSSR count). The number of hydrogen-bond acceptors (Lipinski definition) is 4. The van der Waals surface area contributed by atoms with Crippen LogP contribution in [-0.4, -0.2) is 33.7 Å². The first-order chi connectivity index (χ1) is 12.1. The van der Waals surface area contributed by atoms with E-state index in [0.29, 0.717) is 11.6 Å². The molecule has 0 bridgehead atoms. The van der Waals surface area contributed by atoms with Gasteiger partial charge in [-0.25, -0.2) is 4.79 Å². The van der Waals surface area contributed by atoms with Crippen LogP contribution in [-0.2, 0) is 6.54 Å². The van der Waals surface area contributed by atoms with Gasteiger partial charge in [0, 0.05) is 17.5 Å². The van der Waals surface area contributed by atoms with Gasteiger partial charge in [0.1, 0.15) is 0 Å². The zero-order valence-electron chi connectivity index (χ0n) is 14.3. The summed E-state index contributed by atoms with van der Waals surface area (Å²) in [4.78, 5) is 14.6. The van der Waals surface area contributed by atoms with Crippen LogP contribution in [0.3, 0.4) is 0 Å². The number of aromatic carboxylic acids is 1. The van der Waals surface area contributed by atoms with E-state index in [2.05, 4.69) is 4.90 Å². The molecule has 2 atom stereocenters. The molecular formula is C20H25NO3S. The summed E-state index contributed by atoms with van der Waals surface area (Å²) < 4.78 is 0. The standard InChI is InChI=1S/C20H25NO3S/c22-18(19-9-5-11-25-19)13-17-8-2-1-3-10-21(17)14-15-6-4-7-16(12-15)20(23)24/h4-7,9,11-12,17-18,22H,1-3,8,10,13-14H2,(H,23,24). The van der Waals surface area contributed by atoms with Crippen LogP contribution in [0.5, 0.6) is 0 Å². The van der Waals surface area contributed by atoms with Crippen molar-refractivity contribution < 1.29 is 15.0 Å². The molecule has 1 aliphatic rings. The minimum Gasteiger partial charge on any atom is -0.478 e. The molecule has 2 N–H and O–H groups in total. The number of likely N-dealkylation sites (tertiary alicyclic amines) is 1. The number of carboxylic acids is 1. The molecule has 0 amide bonds. The lowest BCUT2D eigenvalue weighted by atomic mass is 10.0. The zero-order valence-corrected chi connectivity index (χ0v) is 15.1. The highest BCUT2D eigenvalue weighted by Crippen LogP contribution is 2.29. The summed E-state index contributed by atoms with van der Waals surface area (Å²) >= 11 is 1.60. The summed E-state index contributed by atoms with van der Waals surface area (Å²) in [7, 11) is 0. The third-order valence-corrected chi connectivity index (χ3v) is 5.90. The molecular weight excluding hydrogens is 334 g/mol. The summed E-state index contributed by atoms with van der Waals surface area (Å²) in [6.45, 7) is 1.74. The first-order valence-electron chi connectivity index (χ1n) is 8.91. The second kappa shape index (κ2) is 8.61. The Bertz CT molecular complexity index is 686. The second-order valence-corrected chi connectivity index (χ2v) is 7.73. The maximum atomic E-state index is 11.2. The average molecular weight is 359 g/mol. The smallest absolute Gasteiger partial charge is 0.335 e. The fraction of sp³-hybridized carbons (Fsp3) is 0.450. The van der Waals surface area contributed by atoms with Crippen LogP contribution in [0.1, 0.15) is 59.0 Å². The summed E-state index contributed by atoms with van der Waals surface area (Å²) in [6.07, 6.45) is 4.96. The number of carboxylic acid groups (broad SMARTS) is 1. The van der Waals surface area contributed by atoms with E-state index in [-0.39, 0.29) is 0 Å². The van der Waals surface area contributed by atoms with Gasteiger partial charge in [-0.05, 0) is 54.9 Å². The van der Waals surface area contributed by atoms with Gasteiger partial charge in [-0.3, -0.25) is 4.90 Å². The van der Waals surface area contributed by atoms with Gasteiger partial charge in [0.25, 0.3) is 0 Å². The van der Waals surface area contributed by atoms with E-state index >= 15 is 0 Å². The molecule has 0 saturated carbocycles. The monoisotopic (exact) mass is 359 g/mol. The number of nitrogens with zero attached hydrogens (tertiary/aromatic N) is 1. The van der Waals surface area contributed by atoms with E-state index in [1.54, 1.807) is 23.5 Å². The van der Waals surface area contributed by atoms with Crippen molar-refractivity contribution in [2.75, 3.05) is 6.54 Å². The Hall–Kier alpha value is -1.69.